The molecule has 72 valence electrons. The highest BCUT2D eigenvalue weighted by molar-refractivity contribution is 5.44. The Labute approximate surface area is 78.6 Å². The molecule has 0 fully saturated rings. The van der Waals surface area contributed by atoms with Gasteiger partial charge in [0.15, 0.2) is 0 Å². The Morgan fingerprint density at radius 3 is 2.85 bits per heavy atom. The topological polar surface area (TPSA) is 63.8 Å². The maximum atomic E-state index is 5.39. The third-order valence-electron chi connectivity index (χ3n) is 2.01. The van der Waals surface area contributed by atoms with Crippen LogP contribution >= 0.6 is 0 Å². The minimum Gasteiger partial charge on any atom is -0.370 e. The second kappa shape index (κ2) is 4.77. The predicted octanol–water partition coefficient (Wildman–Crippen LogP) is 0.854. The number of nitrogens with one attached hydrogen (secondary N) is 1. The molecule has 0 aliphatic carbocycles. The summed E-state index contributed by atoms with van der Waals surface area (Å²) in [6.45, 7) is 5.56. The largest absolute Gasteiger partial charge is 0.370 e. The van der Waals surface area contributed by atoms with Crippen LogP contribution in [0.2, 0.25) is 0 Å². The zero-order valence-corrected chi connectivity index (χ0v) is 8.17. The van der Waals surface area contributed by atoms with Gasteiger partial charge in [0.25, 0.3) is 0 Å². The Bertz CT molecular complexity index is 272. The molecule has 0 saturated heterocycles. The molecule has 13 heavy (non-hydrogen) atoms. The molecule has 4 heteroatoms. The first-order valence-corrected chi connectivity index (χ1v) is 4.48. The number of hydrogen-bond donors (Lipinski definition) is 2. The van der Waals surface area contributed by atoms with Crippen molar-refractivity contribution >= 4 is 5.82 Å². The van der Waals surface area contributed by atoms with Gasteiger partial charge in [-0.15, -0.1) is 0 Å². The Morgan fingerprint density at radius 1 is 1.38 bits per heavy atom. The van der Waals surface area contributed by atoms with Crippen molar-refractivity contribution in [3.05, 3.63) is 17.6 Å². The summed E-state index contributed by atoms with van der Waals surface area (Å²) in [6, 6.07) is 0. The van der Waals surface area contributed by atoms with Gasteiger partial charge in [-0.05, 0) is 26.8 Å². The van der Waals surface area contributed by atoms with E-state index in [0.717, 1.165) is 30.0 Å². The molecule has 4 nitrogen and oxygen atoms in total. The lowest BCUT2D eigenvalue weighted by Crippen LogP contribution is -2.10. The minimum absolute atomic E-state index is 0.704. The first kappa shape index (κ1) is 9.92. The van der Waals surface area contributed by atoms with E-state index in [9.17, 15) is 0 Å². The lowest BCUT2D eigenvalue weighted by molar-refractivity contribution is 0.866. The second-order valence-electron chi connectivity index (χ2n) is 3.00. The van der Waals surface area contributed by atoms with Crippen molar-refractivity contribution in [2.24, 2.45) is 5.73 Å². The van der Waals surface area contributed by atoms with E-state index >= 15 is 0 Å². The Kier molecular flexibility index (Phi) is 3.64. The third kappa shape index (κ3) is 2.66. The first-order chi connectivity index (χ1) is 6.25. The Balaban J connectivity index is 2.61. The highest BCUT2D eigenvalue weighted by Gasteiger charge is 2.01. The summed E-state index contributed by atoms with van der Waals surface area (Å²) < 4.78 is 0. The molecule has 0 aliphatic rings. The van der Waals surface area contributed by atoms with Crippen molar-refractivity contribution in [3.63, 3.8) is 0 Å². The molecule has 0 unspecified atom stereocenters. The summed E-state index contributed by atoms with van der Waals surface area (Å²) in [5.74, 6) is 0.918. The zero-order valence-electron chi connectivity index (χ0n) is 8.17. The van der Waals surface area contributed by atoms with Crippen LogP contribution in [0.1, 0.15) is 17.7 Å². The van der Waals surface area contributed by atoms with Gasteiger partial charge in [0, 0.05) is 17.8 Å². The van der Waals surface area contributed by atoms with Crippen molar-refractivity contribution in [1.82, 2.24) is 9.97 Å². The first-order valence-electron chi connectivity index (χ1n) is 4.48. The third-order valence-corrected chi connectivity index (χ3v) is 2.01. The smallest absolute Gasteiger partial charge is 0.132 e. The van der Waals surface area contributed by atoms with Crippen LogP contribution in [0.3, 0.4) is 0 Å². The van der Waals surface area contributed by atoms with Crippen molar-refractivity contribution < 1.29 is 0 Å². The van der Waals surface area contributed by atoms with Gasteiger partial charge in [-0.1, -0.05) is 0 Å². The molecule has 0 atom stereocenters. The van der Waals surface area contributed by atoms with Gasteiger partial charge in [-0.25, -0.2) is 9.97 Å². The summed E-state index contributed by atoms with van der Waals surface area (Å²) in [7, 11) is 0. The fraction of sp³-hybridized carbons (Fsp3) is 0.556. The lowest BCUT2D eigenvalue weighted by atomic mass is 10.2. The number of hydrogen-bond acceptors (Lipinski definition) is 4. The molecule has 1 rings (SSSR count). The highest BCUT2D eigenvalue weighted by Crippen LogP contribution is 2.11. The Morgan fingerprint density at radius 2 is 2.15 bits per heavy atom. The number of nitrogens with two attached hydrogens (primary N) is 1. The summed E-state index contributed by atoms with van der Waals surface area (Å²) >= 11 is 0. The molecule has 1 aromatic rings. The van der Waals surface area contributed by atoms with Gasteiger partial charge >= 0.3 is 0 Å². The SMILES string of the molecule is Cc1ncnc(NCCCN)c1C. The molecule has 1 heterocycles. The molecule has 0 aliphatic heterocycles. The van der Waals surface area contributed by atoms with E-state index in [-0.39, 0.29) is 0 Å². The molecule has 0 bridgehead atoms. The van der Waals surface area contributed by atoms with Crippen LogP contribution in [0.15, 0.2) is 6.33 Å². The van der Waals surface area contributed by atoms with Crippen LogP contribution < -0.4 is 11.1 Å². The van der Waals surface area contributed by atoms with Gasteiger partial charge in [0.1, 0.15) is 12.1 Å². The summed E-state index contributed by atoms with van der Waals surface area (Å²) in [5.41, 5.74) is 7.52. The predicted molar refractivity (Wildman–Crippen MR) is 53.7 cm³/mol. The van der Waals surface area contributed by atoms with E-state index < -0.39 is 0 Å². The van der Waals surface area contributed by atoms with E-state index in [1.807, 2.05) is 13.8 Å². The van der Waals surface area contributed by atoms with Gasteiger partial charge in [-0.2, -0.15) is 0 Å². The van der Waals surface area contributed by atoms with Gasteiger partial charge in [0.05, 0.1) is 0 Å². The average molecular weight is 180 g/mol. The molecule has 1 aromatic heterocycles. The maximum Gasteiger partial charge on any atom is 0.132 e. The summed E-state index contributed by atoms with van der Waals surface area (Å²) in [4.78, 5) is 8.24. The molecule has 0 radical (unpaired) electrons. The van der Waals surface area contributed by atoms with Crippen molar-refractivity contribution in [2.45, 2.75) is 20.3 Å². The zero-order chi connectivity index (χ0) is 9.68. The molecular weight excluding hydrogens is 164 g/mol. The standard InChI is InChI=1S/C9H16N4/c1-7-8(2)12-6-13-9(7)11-5-3-4-10/h6H,3-5,10H2,1-2H3,(H,11,12,13). The quantitative estimate of drug-likeness (QED) is 0.674. The number of aryl methyl sites for hydroxylation is 1. The van der Waals surface area contributed by atoms with Crippen LogP contribution in [-0.2, 0) is 0 Å². The maximum absolute atomic E-state index is 5.39. The lowest BCUT2D eigenvalue weighted by Gasteiger charge is -2.08. The Hall–Kier alpha value is -1.16. The van der Waals surface area contributed by atoms with Crippen molar-refractivity contribution in [2.75, 3.05) is 18.4 Å². The van der Waals surface area contributed by atoms with Crippen LogP contribution in [0, 0.1) is 13.8 Å². The minimum atomic E-state index is 0.704. The van der Waals surface area contributed by atoms with Crippen LogP contribution in [0.4, 0.5) is 5.82 Å². The number of rotatable bonds is 4. The molecule has 3 N–H and O–H groups in total. The molecule has 0 amide bonds. The van der Waals surface area contributed by atoms with Gasteiger partial charge < -0.3 is 11.1 Å². The van der Waals surface area contributed by atoms with Crippen LogP contribution in [-0.4, -0.2) is 23.1 Å². The highest BCUT2D eigenvalue weighted by atomic mass is 15.0. The number of aromatic nitrogens is 2. The van der Waals surface area contributed by atoms with E-state index in [1.54, 1.807) is 6.33 Å². The fourth-order valence-corrected chi connectivity index (χ4v) is 1.03. The van der Waals surface area contributed by atoms with Gasteiger partial charge in [-0.3, -0.25) is 0 Å². The number of nitrogens with zero attached hydrogens (tertiary/aromatic N) is 2. The molecular formula is C9H16N4. The van der Waals surface area contributed by atoms with E-state index in [1.165, 1.54) is 0 Å². The second-order valence-corrected chi connectivity index (χ2v) is 3.00. The van der Waals surface area contributed by atoms with Crippen molar-refractivity contribution in [1.29, 1.82) is 0 Å². The molecule has 0 saturated carbocycles. The van der Waals surface area contributed by atoms with E-state index in [2.05, 4.69) is 15.3 Å². The molecule has 0 spiro atoms. The fourth-order valence-electron chi connectivity index (χ4n) is 1.03. The van der Waals surface area contributed by atoms with Crippen molar-refractivity contribution in [3.8, 4) is 0 Å². The summed E-state index contributed by atoms with van der Waals surface area (Å²) in [5, 5.41) is 3.22. The van der Waals surface area contributed by atoms with Gasteiger partial charge in [0.2, 0.25) is 0 Å². The van der Waals surface area contributed by atoms with E-state index in [0.29, 0.717) is 6.54 Å². The number of anilines is 1. The monoisotopic (exact) mass is 180 g/mol. The molecule has 0 aromatic carbocycles. The normalized spacial score (nSPS) is 10.1. The average Bonchev–Trinajstić information content (AvgIpc) is 2.13. The van der Waals surface area contributed by atoms with E-state index in [4.69, 9.17) is 5.73 Å². The summed E-state index contributed by atoms with van der Waals surface area (Å²) in [6.07, 6.45) is 2.54. The van der Waals surface area contributed by atoms with Crippen LogP contribution in [0.25, 0.3) is 0 Å². The van der Waals surface area contributed by atoms with Crippen LogP contribution in [0.5, 0.6) is 0 Å².